The maximum absolute atomic E-state index is 2.46. The lowest BCUT2D eigenvalue weighted by molar-refractivity contribution is 0.591. The summed E-state index contributed by atoms with van der Waals surface area (Å²) in [5, 5.41) is 20.4. The molecule has 0 radical (unpaired) electrons. The maximum atomic E-state index is 2.46. The molecule has 66 heavy (non-hydrogen) atoms. The minimum absolute atomic E-state index is 0.0535. The summed E-state index contributed by atoms with van der Waals surface area (Å²) in [7, 11) is 0. The van der Waals surface area contributed by atoms with Crippen molar-refractivity contribution in [2.24, 2.45) is 0 Å². The van der Waals surface area contributed by atoms with Crippen molar-refractivity contribution in [3.63, 3.8) is 0 Å². The van der Waals surface area contributed by atoms with Crippen molar-refractivity contribution in [1.82, 2.24) is 0 Å². The van der Waals surface area contributed by atoms with Gasteiger partial charge in [0.25, 0.3) is 0 Å². The second-order valence-corrected chi connectivity index (χ2v) is 19.1. The van der Waals surface area contributed by atoms with Crippen LogP contribution in [0.25, 0.3) is 131 Å². The molecule has 310 valence electrons. The Kier molecular flexibility index (Phi) is 8.58. The Labute approximate surface area is 385 Å². The third kappa shape index (κ3) is 5.92. The molecule has 13 aromatic rings. The van der Waals surface area contributed by atoms with Gasteiger partial charge in [-0.1, -0.05) is 221 Å². The smallest absolute Gasteiger partial charge is 0.00261 e. The SMILES string of the molecule is CC(C)(C)c1ccc2c3ccccc3c3cc(-c4c5ccccc5c(-c5ccc6ccc(-c7c8ccccc8c(-c8ccccc8)c8ccccc78)cc6c5)c5ccccc45)ccc3c2c1. The molecule has 0 saturated heterocycles. The van der Waals surface area contributed by atoms with Crippen LogP contribution in [0.5, 0.6) is 0 Å². The van der Waals surface area contributed by atoms with Crippen LogP contribution in [0.15, 0.2) is 224 Å². The first-order valence-corrected chi connectivity index (χ1v) is 23.2. The molecule has 0 nitrogen and oxygen atoms in total. The summed E-state index contributed by atoms with van der Waals surface area (Å²) >= 11 is 0. The highest BCUT2D eigenvalue weighted by molar-refractivity contribution is 6.28. The molecule has 0 aliphatic heterocycles. The average molecular weight is 839 g/mol. The second-order valence-electron chi connectivity index (χ2n) is 19.1. The molecule has 0 unspecified atom stereocenters. The first kappa shape index (κ1) is 38.4. The van der Waals surface area contributed by atoms with Gasteiger partial charge in [0.2, 0.25) is 0 Å². The summed E-state index contributed by atoms with van der Waals surface area (Å²) in [5.41, 5.74) is 11.4. The maximum Gasteiger partial charge on any atom is -0.00261 e. The summed E-state index contributed by atoms with van der Waals surface area (Å²) in [6.07, 6.45) is 0. The van der Waals surface area contributed by atoms with Gasteiger partial charge in [-0.3, -0.25) is 0 Å². The Bertz CT molecular complexity index is 4010. The van der Waals surface area contributed by atoms with E-state index in [1.165, 1.54) is 136 Å². The molecule has 0 aromatic heterocycles. The molecule has 0 amide bonds. The van der Waals surface area contributed by atoms with Gasteiger partial charge < -0.3 is 0 Å². The van der Waals surface area contributed by atoms with E-state index in [1.54, 1.807) is 0 Å². The van der Waals surface area contributed by atoms with Gasteiger partial charge in [-0.15, -0.1) is 0 Å². The molecule has 0 N–H and O–H groups in total. The summed E-state index contributed by atoms with van der Waals surface area (Å²) < 4.78 is 0. The number of hydrogen-bond donors (Lipinski definition) is 0. The zero-order valence-corrected chi connectivity index (χ0v) is 37.4. The molecule has 0 fully saturated rings. The lowest BCUT2D eigenvalue weighted by Crippen LogP contribution is -2.10. The van der Waals surface area contributed by atoms with Crippen molar-refractivity contribution in [2.45, 2.75) is 26.2 Å². The first-order chi connectivity index (χ1) is 32.4. The fourth-order valence-corrected chi connectivity index (χ4v) is 11.2. The predicted molar refractivity (Wildman–Crippen MR) is 287 cm³/mol. The molecule has 0 saturated carbocycles. The highest BCUT2D eigenvalue weighted by atomic mass is 14.2. The van der Waals surface area contributed by atoms with Gasteiger partial charge in [-0.2, -0.15) is 0 Å². The second kappa shape index (κ2) is 14.7. The molecule has 0 aliphatic carbocycles. The normalized spacial score (nSPS) is 12.2. The molecular weight excluding hydrogens is 793 g/mol. The van der Waals surface area contributed by atoms with E-state index in [2.05, 4.69) is 245 Å². The number of fused-ring (bicyclic) bond motifs is 11. The van der Waals surface area contributed by atoms with Crippen molar-refractivity contribution in [3.8, 4) is 44.5 Å². The van der Waals surface area contributed by atoms with E-state index in [4.69, 9.17) is 0 Å². The number of hydrogen-bond acceptors (Lipinski definition) is 0. The molecule has 0 bridgehead atoms. The number of rotatable bonds is 4. The molecule has 0 aliphatic rings. The molecule has 0 atom stereocenters. The number of benzene rings is 13. The van der Waals surface area contributed by atoms with E-state index in [0.29, 0.717) is 0 Å². The molecule has 0 spiro atoms. The lowest BCUT2D eigenvalue weighted by atomic mass is 9.83. The summed E-state index contributed by atoms with van der Waals surface area (Å²) in [6.45, 7) is 6.92. The van der Waals surface area contributed by atoms with Gasteiger partial charge in [0.1, 0.15) is 0 Å². The first-order valence-electron chi connectivity index (χ1n) is 23.2. The average Bonchev–Trinajstić information content (AvgIpc) is 3.36. The Morgan fingerprint density at radius 1 is 0.212 bits per heavy atom. The minimum Gasteiger partial charge on any atom is -0.0622 e. The van der Waals surface area contributed by atoms with Gasteiger partial charge in [0.15, 0.2) is 0 Å². The summed E-state index contributed by atoms with van der Waals surface area (Å²) in [4.78, 5) is 0. The fourth-order valence-electron chi connectivity index (χ4n) is 11.2. The van der Waals surface area contributed by atoms with Crippen LogP contribution in [-0.2, 0) is 5.41 Å². The van der Waals surface area contributed by atoms with Crippen LogP contribution >= 0.6 is 0 Å². The van der Waals surface area contributed by atoms with Crippen LogP contribution in [0.3, 0.4) is 0 Å². The van der Waals surface area contributed by atoms with Gasteiger partial charge in [0.05, 0.1) is 0 Å². The summed E-state index contributed by atoms with van der Waals surface area (Å²) in [5.74, 6) is 0. The van der Waals surface area contributed by atoms with E-state index >= 15 is 0 Å². The Morgan fingerprint density at radius 3 is 0.985 bits per heavy atom. The molecule has 0 heteroatoms. The van der Waals surface area contributed by atoms with Crippen LogP contribution in [0.1, 0.15) is 26.3 Å². The van der Waals surface area contributed by atoms with Gasteiger partial charge in [-0.25, -0.2) is 0 Å². The topological polar surface area (TPSA) is 0 Å². The highest BCUT2D eigenvalue weighted by Gasteiger charge is 2.21. The Morgan fingerprint density at radius 2 is 0.530 bits per heavy atom. The highest BCUT2D eigenvalue weighted by Crippen LogP contribution is 2.48. The predicted octanol–water partition coefficient (Wildman–Crippen LogP) is 18.9. The molecule has 13 rings (SSSR count). The Hall–Kier alpha value is -8.06. The van der Waals surface area contributed by atoms with E-state index in [1.807, 2.05) is 0 Å². The van der Waals surface area contributed by atoms with Crippen LogP contribution < -0.4 is 0 Å². The van der Waals surface area contributed by atoms with Crippen molar-refractivity contribution < 1.29 is 0 Å². The monoisotopic (exact) mass is 838 g/mol. The molecule has 0 heterocycles. The van der Waals surface area contributed by atoms with Crippen LogP contribution in [-0.4, -0.2) is 0 Å². The van der Waals surface area contributed by atoms with Gasteiger partial charge in [0, 0.05) is 0 Å². The van der Waals surface area contributed by atoms with E-state index in [0.717, 1.165) is 0 Å². The van der Waals surface area contributed by atoms with E-state index < -0.39 is 0 Å². The van der Waals surface area contributed by atoms with Gasteiger partial charge >= 0.3 is 0 Å². The van der Waals surface area contributed by atoms with Crippen molar-refractivity contribution in [2.75, 3.05) is 0 Å². The fraction of sp³-hybridized carbons (Fsp3) is 0.0606. The molecule has 13 aromatic carbocycles. The van der Waals surface area contributed by atoms with Gasteiger partial charge in [-0.05, 0) is 166 Å². The van der Waals surface area contributed by atoms with Crippen LogP contribution in [0.2, 0.25) is 0 Å². The van der Waals surface area contributed by atoms with E-state index in [9.17, 15) is 0 Å². The Balaban J connectivity index is 1.02. The summed E-state index contributed by atoms with van der Waals surface area (Å²) in [6, 6.07) is 84.2. The van der Waals surface area contributed by atoms with Crippen LogP contribution in [0, 0.1) is 0 Å². The third-order valence-corrected chi connectivity index (χ3v) is 14.3. The third-order valence-electron chi connectivity index (χ3n) is 14.3. The van der Waals surface area contributed by atoms with Crippen molar-refractivity contribution in [3.05, 3.63) is 230 Å². The lowest BCUT2D eigenvalue weighted by Gasteiger charge is -2.21. The quantitative estimate of drug-likeness (QED) is 0.122. The van der Waals surface area contributed by atoms with Crippen molar-refractivity contribution in [1.29, 1.82) is 0 Å². The van der Waals surface area contributed by atoms with Crippen LogP contribution in [0.4, 0.5) is 0 Å². The largest absolute Gasteiger partial charge is 0.0622 e. The zero-order chi connectivity index (χ0) is 44.1. The van der Waals surface area contributed by atoms with Crippen molar-refractivity contribution >= 4 is 86.2 Å². The minimum atomic E-state index is 0.0535. The molecular formula is C66H46. The van der Waals surface area contributed by atoms with E-state index in [-0.39, 0.29) is 5.41 Å². The zero-order valence-electron chi connectivity index (χ0n) is 37.4. The standard InChI is InChI=1S/C66H46/c1-66(2,3)47-34-36-50-48-19-7-8-20-49(48)60-39-45(33-35-51(60)61(50)40-47)65-58-27-15-13-25-56(58)64(57-26-14-16-28-59(57)65)44-32-30-41-29-31-43(37-46(41)38-44)63-54-23-11-9-21-52(54)62(42-17-5-4-6-18-42)53-22-10-12-24-55(53)63/h4-40H,1-3H3.